The van der Waals surface area contributed by atoms with E-state index in [0.717, 1.165) is 31.5 Å². The van der Waals surface area contributed by atoms with E-state index >= 15 is 0 Å². The molecule has 0 unspecified atom stereocenters. The molecule has 0 spiro atoms. The molecule has 1 saturated carbocycles. The Kier molecular flexibility index (Phi) is 4.99. The van der Waals surface area contributed by atoms with Gasteiger partial charge in [0.05, 0.1) is 12.0 Å². The van der Waals surface area contributed by atoms with Crippen LogP contribution in [-0.2, 0) is 16.6 Å². The molecule has 4 N–H and O–H groups in total. The van der Waals surface area contributed by atoms with E-state index in [4.69, 9.17) is 16.2 Å². The monoisotopic (exact) mass is 321 g/mol. The highest BCUT2D eigenvalue weighted by Crippen LogP contribution is 2.25. The first kappa shape index (κ1) is 16.4. The van der Waals surface area contributed by atoms with Crippen molar-refractivity contribution in [2.24, 2.45) is 18.5 Å². The quantitative estimate of drug-likeness (QED) is 0.810. The van der Waals surface area contributed by atoms with E-state index in [0.29, 0.717) is 19.1 Å². The number of nitrogens with two attached hydrogens (primary N) is 2. The van der Waals surface area contributed by atoms with Crippen molar-refractivity contribution >= 4 is 5.91 Å². The van der Waals surface area contributed by atoms with Gasteiger partial charge < -0.3 is 25.7 Å². The van der Waals surface area contributed by atoms with Crippen molar-refractivity contribution in [2.45, 2.75) is 49.8 Å². The number of likely N-dealkylation sites (tertiary alicyclic amines) is 1. The van der Waals surface area contributed by atoms with Crippen molar-refractivity contribution < 1.29 is 9.53 Å². The number of amides is 1. The van der Waals surface area contributed by atoms with Gasteiger partial charge in [0, 0.05) is 44.6 Å². The minimum absolute atomic E-state index is 0.0204. The average molecular weight is 321 g/mol. The van der Waals surface area contributed by atoms with Gasteiger partial charge in [0.2, 0.25) is 5.91 Å². The second-order valence-electron chi connectivity index (χ2n) is 6.81. The van der Waals surface area contributed by atoms with Crippen LogP contribution in [0, 0.1) is 0 Å². The molecule has 0 bridgehead atoms. The number of nitrogens with zero attached hydrogens (tertiary/aromatic N) is 3. The molecule has 0 aromatic carbocycles. The van der Waals surface area contributed by atoms with Crippen molar-refractivity contribution in [1.82, 2.24) is 14.5 Å². The number of carbonyl (C=O) groups is 1. The molecule has 0 radical (unpaired) electrons. The number of rotatable bonds is 4. The van der Waals surface area contributed by atoms with Gasteiger partial charge in [-0.3, -0.25) is 4.79 Å². The Morgan fingerprint density at radius 1 is 1.30 bits per heavy atom. The highest BCUT2D eigenvalue weighted by Gasteiger charge is 2.36. The lowest BCUT2D eigenvalue weighted by Gasteiger charge is -2.26. The Morgan fingerprint density at radius 2 is 2.04 bits per heavy atom. The topological polar surface area (TPSA) is 99.4 Å². The standard InChI is InChI=1S/C16H27N5O2/c1-20-7-6-19-16(20)13-8-21(9-14(13)18)15(22)10-23-12-4-2-11(17)3-5-12/h6-7,11-14H,2-5,8-10,17-18H2,1H3/t11?,12?,13-,14-/m1/s1. The van der Waals surface area contributed by atoms with Crippen LogP contribution in [0.4, 0.5) is 0 Å². The first-order valence-corrected chi connectivity index (χ1v) is 8.42. The minimum Gasteiger partial charge on any atom is -0.368 e. The molecule has 2 fully saturated rings. The van der Waals surface area contributed by atoms with E-state index < -0.39 is 0 Å². The predicted octanol–water partition coefficient (Wildman–Crippen LogP) is -0.0403. The summed E-state index contributed by atoms with van der Waals surface area (Å²) in [4.78, 5) is 18.6. The Balaban J connectivity index is 1.50. The summed E-state index contributed by atoms with van der Waals surface area (Å²) in [5, 5.41) is 0. The molecule has 2 aliphatic rings. The second kappa shape index (κ2) is 6.98. The zero-order chi connectivity index (χ0) is 16.4. The molecule has 1 amide bonds. The van der Waals surface area contributed by atoms with Crippen LogP contribution in [0.3, 0.4) is 0 Å². The average Bonchev–Trinajstić information content (AvgIpc) is 3.12. The molecule has 3 rings (SSSR count). The van der Waals surface area contributed by atoms with Crippen LogP contribution >= 0.6 is 0 Å². The molecular formula is C16H27N5O2. The van der Waals surface area contributed by atoms with Gasteiger partial charge in [-0.15, -0.1) is 0 Å². The van der Waals surface area contributed by atoms with Gasteiger partial charge in [-0.25, -0.2) is 4.98 Å². The van der Waals surface area contributed by atoms with E-state index in [1.807, 2.05) is 17.8 Å². The fraction of sp³-hybridized carbons (Fsp3) is 0.750. The van der Waals surface area contributed by atoms with Gasteiger partial charge in [-0.05, 0) is 25.7 Å². The molecule has 1 aromatic rings. The summed E-state index contributed by atoms with van der Waals surface area (Å²) in [6, 6.07) is 0.216. The molecular weight excluding hydrogens is 294 g/mol. The van der Waals surface area contributed by atoms with Crippen molar-refractivity contribution in [1.29, 1.82) is 0 Å². The zero-order valence-electron chi connectivity index (χ0n) is 13.7. The number of hydrogen-bond acceptors (Lipinski definition) is 5. The summed E-state index contributed by atoms with van der Waals surface area (Å²) in [5.74, 6) is 1.05. The molecule has 1 saturated heterocycles. The van der Waals surface area contributed by atoms with E-state index in [1.165, 1.54) is 0 Å². The Morgan fingerprint density at radius 3 is 2.70 bits per heavy atom. The van der Waals surface area contributed by atoms with E-state index in [9.17, 15) is 4.79 Å². The third kappa shape index (κ3) is 3.73. The van der Waals surface area contributed by atoms with E-state index in [2.05, 4.69) is 4.98 Å². The fourth-order valence-electron chi connectivity index (χ4n) is 3.58. The van der Waals surface area contributed by atoms with Gasteiger partial charge in [0.15, 0.2) is 0 Å². The number of aromatic nitrogens is 2. The predicted molar refractivity (Wildman–Crippen MR) is 86.7 cm³/mol. The number of carbonyl (C=O) groups excluding carboxylic acids is 1. The van der Waals surface area contributed by atoms with Gasteiger partial charge in [-0.2, -0.15) is 0 Å². The Labute approximate surface area is 137 Å². The third-order valence-electron chi connectivity index (χ3n) is 5.07. The smallest absolute Gasteiger partial charge is 0.248 e. The molecule has 23 heavy (non-hydrogen) atoms. The van der Waals surface area contributed by atoms with Crippen molar-refractivity contribution in [2.75, 3.05) is 19.7 Å². The van der Waals surface area contributed by atoms with Gasteiger partial charge in [0.1, 0.15) is 12.4 Å². The van der Waals surface area contributed by atoms with Crippen LogP contribution < -0.4 is 11.5 Å². The number of hydrogen-bond donors (Lipinski definition) is 2. The SMILES string of the molecule is Cn1ccnc1[C@@H]1CN(C(=O)COC2CCC(N)CC2)C[C@H]1N. The summed E-state index contributed by atoms with van der Waals surface area (Å²) in [7, 11) is 1.95. The van der Waals surface area contributed by atoms with Crippen LogP contribution in [0.25, 0.3) is 0 Å². The van der Waals surface area contributed by atoms with Crippen LogP contribution in [0.15, 0.2) is 12.4 Å². The summed E-state index contributed by atoms with van der Waals surface area (Å²) in [6.45, 7) is 1.32. The van der Waals surface area contributed by atoms with Crippen molar-refractivity contribution in [3.63, 3.8) is 0 Å². The second-order valence-corrected chi connectivity index (χ2v) is 6.81. The first-order valence-electron chi connectivity index (χ1n) is 8.42. The van der Waals surface area contributed by atoms with E-state index in [-0.39, 0.29) is 30.6 Å². The summed E-state index contributed by atoms with van der Waals surface area (Å²) in [5.41, 5.74) is 12.1. The maximum atomic E-state index is 12.4. The summed E-state index contributed by atoms with van der Waals surface area (Å²) < 4.78 is 7.75. The van der Waals surface area contributed by atoms with Crippen LogP contribution in [0.1, 0.15) is 37.4 Å². The molecule has 128 valence electrons. The number of ether oxygens (including phenoxy) is 1. The largest absolute Gasteiger partial charge is 0.368 e. The number of aryl methyl sites for hydroxylation is 1. The minimum atomic E-state index is -0.0762. The van der Waals surface area contributed by atoms with Gasteiger partial charge in [0.25, 0.3) is 0 Å². The lowest BCUT2D eigenvalue weighted by molar-refractivity contribution is -0.137. The van der Waals surface area contributed by atoms with Gasteiger partial charge >= 0.3 is 0 Å². The Bertz CT molecular complexity index is 538. The van der Waals surface area contributed by atoms with Crippen LogP contribution in [0.5, 0.6) is 0 Å². The number of imidazole rings is 1. The molecule has 2 atom stereocenters. The normalized spacial score (nSPS) is 31.5. The van der Waals surface area contributed by atoms with Crippen molar-refractivity contribution in [3.8, 4) is 0 Å². The Hall–Kier alpha value is -1.44. The highest BCUT2D eigenvalue weighted by molar-refractivity contribution is 5.78. The molecule has 2 heterocycles. The molecule has 1 aliphatic heterocycles. The van der Waals surface area contributed by atoms with Gasteiger partial charge in [-0.1, -0.05) is 0 Å². The third-order valence-corrected chi connectivity index (χ3v) is 5.07. The molecule has 7 nitrogen and oxygen atoms in total. The maximum absolute atomic E-state index is 12.4. The summed E-state index contributed by atoms with van der Waals surface area (Å²) in [6.07, 6.45) is 7.70. The maximum Gasteiger partial charge on any atom is 0.248 e. The summed E-state index contributed by atoms with van der Waals surface area (Å²) >= 11 is 0. The van der Waals surface area contributed by atoms with E-state index in [1.54, 1.807) is 11.1 Å². The zero-order valence-corrected chi connectivity index (χ0v) is 13.7. The fourth-order valence-corrected chi connectivity index (χ4v) is 3.58. The highest BCUT2D eigenvalue weighted by atomic mass is 16.5. The molecule has 1 aromatic heterocycles. The van der Waals surface area contributed by atoms with Crippen LogP contribution in [0.2, 0.25) is 0 Å². The van der Waals surface area contributed by atoms with Crippen LogP contribution in [-0.4, -0.2) is 58.2 Å². The molecule has 7 heteroatoms. The lowest BCUT2D eigenvalue weighted by atomic mass is 9.94. The lowest BCUT2D eigenvalue weighted by Crippen LogP contribution is -2.37. The first-order chi connectivity index (χ1) is 11.0. The molecule has 1 aliphatic carbocycles. The van der Waals surface area contributed by atoms with Crippen molar-refractivity contribution in [3.05, 3.63) is 18.2 Å².